The Bertz CT molecular complexity index is 1950. The van der Waals surface area contributed by atoms with Gasteiger partial charge in [0.1, 0.15) is 0 Å². The van der Waals surface area contributed by atoms with Gasteiger partial charge in [-0.2, -0.15) is 0 Å². The van der Waals surface area contributed by atoms with Gasteiger partial charge in [0.2, 0.25) is 0 Å². The Morgan fingerprint density at radius 2 is 1.00 bits per heavy atom. The first-order valence-electron chi connectivity index (χ1n) is 14.5. The number of para-hydroxylation sites is 2. The van der Waals surface area contributed by atoms with Crippen molar-refractivity contribution in [1.82, 2.24) is 0 Å². The third-order valence-corrected chi connectivity index (χ3v) is 8.97. The number of anilines is 4. The monoisotopic (exact) mass is 570 g/mol. The average Bonchev–Trinajstić information content (AvgIpc) is 3.09. The van der Waals surface area contributed by atoms with E-state index in [2.05, 4.69) is 186 Å². The second-order valence-corrected chi connectivity index (χ2v) is 11.7. The summed E-state index contributed by atoms with van der Waals surface area (Å²) in [5, 5.41) is 7.44. The van der Waals surface area contributed by atoms with E-state index in [0.717, 1.165) is 22.7 Å². The molecule has 0 amide bonds. The van der Waals surface area contributed by atoms with E-state index in [1.54, 1.807) is 0 Å². The van der Waals surface area contributed by atoms with E-state index in [1.165, 1.54) is 38.3 Å². The quantitative estimate of drug-likeness (QED) is 0.183. The van der Waals surface area contributed by atoms with Gasteiger partial charge in [0.15, 0.2) is 0 Å². The number of rotatable bonds is 8. The van der Waals surface area contributed by atoms with Crippen LogP contribution in [0.4, 0.5) is 22.7 Å². The lowest BCUT2D eigenvalue weighted by Crippen LogP contribution is -2.12. The zero-order valence-electron chi connectivity index (χ0n) is 23.7. The van der Waals surface area contributed by atoms with Gasteiger partial charge in [-0.05, 0) is 63.3 Å². The molecular formula is C40H31N2P. The summed E-state index contributed by atoms with van der Waals surface area (Å²) in [5.41, 5.74) is 9.41. The summed E-state index contributed by atoms with van der Waals surface area (Å²) >= 11 is 0. The van der Waals surface area contributed by atoms with Crippen LogP contribution in [-0.2, 0) is 0 Å². The second-order valence-electron chi connectivity index (χ2n) is 10.4. The standard InChI is InChI=1S/C40H31N2P/c1-4-14-30(15-5-1)36-21-12-13-22-37(36)32-24-27-35(28-25-32)43-42(34-19-8-3-9-20-34)39-29-26-31-16-10-11-23-38(31)40(39)41-33-17-6-2-7-18-33/h1-29,41,43H. The van der Waals surface area contributed by atoms with E-state index in [0.29, 0.717) is 8.73 Å². The topological polar surface area (TPSA) is 15.3 Å². The highest BCUT2D eigenvalue weighted by Crippen LogP contribution is 2.44. The number of nitrogens with one attached hydrogen (secondary N) is 1. The van der Waals surface area contributed by atoms with Crippen molar-refractivity contribution in [3.8, 4) is 22.3 Å². The minimum absolute atomic E-state index is 0.396. The first kappa shape index (κ1) is 26.7. The van der Waals surface area contributed by atoms with Gasteiger partial charge in [0.05, 0.1) is 11.4 Å². The zero-order valence-corrected chi connectivity index (χ0v) is 24.7. The molecule has 0 heterocycles. The molecule has 1 N–H and O–H groups in total. The van der Waals surface area contributed by atoms with Gasteiger partial charge >= 0.3 is 0 Å². The third-order valence-electron chi connectivity index (χ3n) is 7.65. The number of fused-ring (bicyclic) bond motifs is 1. The van der Waals surface area contributed by atoms with Gasteiger partial charge < -0.3 is 9.99 Å². The summed E-state index contributed by atoms with van der Waals surface area (Å²) in [6, 6.07) is 62.5. The Hall–Kier alpha value is -5.17. The molecule has 7 aromatic rings. The predicted octanol–water partition coefficient (Wildman–Crippen LogP) is 11.0. The Morgan fingerprint density at radius 1 is 0.442 bits per heavy atom. The molecule has 0 saturated heterocycles. The molecule has 0 spiro atoms. The molecule has 0 radical (unpaired) electrons. The van der Waals surface area contributed by atoms with Crippen molar-refractivity contribution in [2.75, 3.05) is 9.99 Å². The molecule has 3 heteroatoms. The SMILES string of the molecule is c1ccc(Nc2c(N(Pc3ccc(-c4ccccc4-c4ccccc4)cc3)c3ccccc3)ccc3ccccc23)cc1. The van der Waals surface area contributed by atoms with E-state index in [4.69, 9.17) is 0 Å². The Balaban J connectivity index is 1.28. The summed E-state index contributed by atoms with van der Waals surface area (Å²) in [5.74, 6) is 0. The van der Waals surface area contributed by atoms with Crippen molar-refractivity contribution in [3.05, 3.63) is 176 Å². The lowest BCUT2D eigenvalue weighted by Gasteiger charge is -2.28. The molecule has 0 saturated carbocycles. The van der Waals surface area contributed by atoms with Crippen LogP contribution in [0, 0.1) is 0 Å². The number of hydrogen-bond acceptors (Lipinski definition) is 2. The first-order valence-corrected chi connectivity index (χ1v) is 15.5. The maximum Gasteiger partial charge on any atom is 0.0707 e. The average molecular weight is 571 g/mol. The Morgan fingerprint density at radius 3 is 1.70 bits per heavy atom. The van der Waals surface area contributed by atoms with E-state index in [1.807, 2.05) is 0 Å². The Labute approximate surface area is 255 Å². The van der Waals surface area contributed by atoms with Gasteiger partial charge in [0, 0.05) is 25.5 Å². The molecule has 0 aliphatic carbocycles. The fourth-order valence-electron chi connectivity index (χ4n) is 5.54. The Kier molecular flexibility index (Phi) is 7.68. The highest BCUT2D eigenvalue weighted by atomic mass is 31.1. The van der Waals surface area contributed by atoms with Gasteiger partial charge in [-0.3, -0.25) is 0 Å². The molecule has 43 heavy (non-hydrogen) atoms. The van der Waals surface area contributed by atoms with Crippen LogP contribution in [0.3, 0.4) is 0 Å². The largest absolute Gasteiger partial charge is 0.353 e. The smallest absolute Gasteiger partial charge is 0.0707 e. The highest BCUT2D eigenvalue weighted by Gasteiger charge is 2.18. The van der Waals surface area contributed by atoms with Gasteiger partial charge in [-0.1, -0.05) is 146 Å². The van der Waals surface area contributed by atoms with Gasteiger partial charge in [-0.15, -0.1) is 0 Å². The maximum atomic E-state index is 3.77. The predicted molar refractivity (Wildman–Crippen MR) is 188 cm³/mol. The molecule has 7 rings (SSSR count). The van der Waals surface area contributed by atoms with Crippen molar-refractivity contribution in [2.45, 2.75) is 0 Å². The normalized spacial score (nSPS) is 11.2. The zero-order chi connectivity index (χ0) is 28.8. The molecular weight excluding hydrogens is 539 g/mol. The number of hydrogen-bond donors (Lipinski definition) is 1. The van der Waals surface area contributed by atoms with Crippen molar-refractivity contribution in [1.29, 1.82) is 0 Å². The van der Waals surface area contributed by atoms with Crippen LogP contribution in [0.2, 0.25) is 0 Å². The molecule has 0 aromatic heterocycles. The lowest BCUT2D eigenvalue weighted by atomic mass is 9.95. The fraction of sp³-hybridized carbons (Fsp3) is 0. The van der Waals surface area contributed by atoms with Crippen LogP contribution in [0.1, 0.15) is 0 Å². The molecule has 1 unspecified atom stereocenters. The van der Waals surface area contributed by atoms with E-state index in [-0.39, 0.29) is 0 Å². The number of nitrogens with zero attached hydrogens (tertiary/aromatic N) is 1. The van der Waals surface area contributed by atoms with Crippen molar-refractivity contribution >= 4 is 47.6 Å². The highest BCUT2D eigenvalue weighted by molar-refractivity contribution is 7.49. The van der Waals surface area contributed by atoms with E-state index >= 15 is 0 Å². The number of benzene rings is 7. The summed E-state index contributed by atoms with van der Waals surface area (Å²) < 4.78 is 2.44. The van der Waals surface area contributed by atoms with Crippen LogP contribution in [0.25, 0.3) is 33.0 Å². The minimum atomic E-state index is 0.396. The van der Waals surface area contributed by atoms with E-state index < -0.39 is 0 Å². The summed E-state index contributed by atoms with van der Waals surface area (Å²) in [6.07, 6.45) is 0. The summed E-state index contributed by atoms with van der Waals surface area (Å²) in [6.45, 7) is 0. The molecule has 0 bridgehead atoms. The van der Waals surface area contributed by atoms with Crippen molar-refractivity contribution < 1.29 is 0 Å². The van der Waals surface area contributed by atoms with E-state index in [9.17, 15) is 0 Å². The fourth-order valence-corrected chi connectivity index (χ4v) is 6.70. The molecule has 0 aliphatic heterocycles. The van der Waals surface area contributed by atoms with Crippen LogP contribution < -0.4 is 15.3 Å². The van der Waals surface area contributed by atoms with Crippen LogP contribution in [0.15, 0.2) is 176 Å². The lowest BCUT2D eigenvalue weighted by molar-refractivity contribution is 1.42. The maximum absolute atomic E-state index is 3.77. The van der Waals surface area contributed by atoms with Crippen molar-refractivity contribution in [3.63, 3.8) is 0 Å². The van der Waals surface area contributed by atoms with Gasteiger partial charge in [-0.25, -0.2) is 0 Å². The summed E-state index contributed by atoms with van der Waals surface area (Å²) in [4.78, 5) is 0. The molecule has 0 fully saturated rings. The molecule has 206 valence electrons. The molecule has 1 atom stereocenters. The molecule has 2 nitrogen and oxygen atoms in total. The van der Waals surface area contributed by atoms with Crippen LogP contribution >= 0.6 is 8.73 Å². The molecule has 7 aromatic carbocycles. The third kappa shape index (κ3) is 5.79. The summed E-state index contributed by atoms with van der Waals surface area (Å²) in [7, 11) is 0.396. The van der Waals surface area contributed by atoms with Crippen LogP contribution in [-0.4, -0.2) is 0 Å². The second kappa shape index (κ2) is 12.4. The van der Waals surface area contributed by atoms with Crippen molar-refractivity contribution in [2.24, 2.45) is 0 Å². The molecule has 0 aliphatic rings. The first-order chi connectivity index (χ1) is 21.3. The minimum Gasteiger partial charge on any atom is -0.353 e. The van der Waals surface area contributed by atoms with Gasteiger partial charge in [0.25, 0.3) is 0 Å². The van der Waals surface area contributed by atoms with Crippen LogP contribution in [0.5, 0.6) is 0 Å².